The molecule has 4 heterocycles. The molecule has 1 aromatic carbocycles. The zero-order valence-corrected chi connectivity index (χ0v) is 20.1. The molecule has 3 N–H and O–H groups in total. The summed E-state index contributed by atoms with van der Waals surface area (Å²) >= 11 is 0. The SMILES string of the molecule is O=C1CN(C(=O)c2ccncc2)Cc2[nH]c(-c3ccnc(NC(=O)[C@@H]4C[C@@H]4F)c3)c(Nc3ccccc3)c21. The van der Waals surface area contributed by atoms with Crippen molar-refractivity contribution >= 4 is 34.8 Å². The molecule has 1 aliphatic carbocycles. The van der Waals surface area contributed by atoms with Gasteiger partial charge in [0.15, 0.2) is 5.78 Å². The van der Waals surface area contributed by atoms with Crippen molar-refractivity contribution in [3.8, 4) is 11.3 Å². The molecule has 0 radical (unpaired) electrons. The van der Waals surface area contributed by atoms with E-state index in [-0.39, 0.29) is 37.0 Å². The second kappa shape index (κ2) is 9.55. The summed E-state index contributed by atoms with van der Waals surface area (Å²) in [4.78, 5) is 51.8. The molecule has 1 fully saturated rings. The number of halogens is 1. The molecule has 190 valence electrons. The molecule has 0 saturated heterocycles. The topological polar surface area (TPSA) is 120 Å². The molecule has 38 heavy (non-hydrogen) atoms. The molecule has 4 aromatic rings. The third-order valence-electron chi connectivity index (χ3n) is 6.65. The molecular weight excluding hydrogens is 487 g/mol. The number of anilines is 3. The number of aromatic nitrogens is 3. The summed E-state index contributed by atoms with van der Waals surface area (Å²) in [5, 5.41) is 6.03. The summed E-state index contributed by atoms with van der Waals surface area (Å²) in [7, 11) is 0. The Bertz CT molecular complexity index is 1540. The van der Waals surface area contributed by atoms with E-state index in [1.165, 1.54) is 23.5 Å². The molecule has 9 nitrogen and oxygen atoms in total. The number of H-pyrrole nitrogens is 1. The highest BCUT2D eigenvalue weighted by Gasteiger charge is 2.43. The van der Waals surface area contributed by atoms with Crippen molar-refractivity contribution in [2.45, 2.75) is 19.1 Å². The number of nitrogens with zero attached hydrogens (tertiary/aromatic N) is 3. The number of alkyl halides is 1. The Kier molecular flexibility index (Phi) is 5.91. The number of nitrogens with one attached hydrogen (secondary N) is 3. The van der Waals surface area contributed by atoms with E-state index < -0.39 is 18.0 Å². The summed E-state index contributed by atoms with van der Waals surface area (Å²) in [5.41, 5.74) is 4.15. The van der Waals surface area contributed by atoms with E-state index >= 15 is 0 Å². The zero-order chi connectivity index (χ0) is 26.2. The lowest BCUT2D eigenvalue weighted by Crippen LogP contribution is -2.39. The van der Waals surface area contributed by atoms with Crippen molar-refractivity contribution in [3.63, 3.8) is 0 Å². The third-order valence-corrected chi connectivity index (χ3v) is 6.65. The number of rotatable bonds is 6. The summed E-state index contributed by atoms with van der Waals surface area (Å²) in [5.74, 6) is -1.24. The van der Waals surface area contributed by atoms with E-state index in [1.807, 2.05) is 30.3 Å². The van der Waals surface area contributed by atoms with Crippen molar-refractivity contribution in [1.82, 2.24) is 19.9 Å². The summed E-state index contributed by atoms with van der Waals surface area (Å²) in [6.07, 6.45) is 3.72. The number of aromatic amines is 1. The van der Waals surface area contributed by atoms with Gasteiger partial charge in [-0.25, -0.2) is 9.37 Å². The molecular formula is C28H23FN6O3. The van der Waals surface area contributed by atoms with Gasteiger partial charge in [0.05, 0.1) is 36.0 Å². The Balaban J connectivity index is 1.37. The maximum atomic E-state index is 13.4. The first kappa shape index (κ1) is 23.5. The molecule has 2 aliphatic rings. The van der Waals surface area contributed by atoms with Gasteiger partial charge in [0.25, 0.3) is 5.91 Å². The van der Waals surface area contributed by atoms with Crippen molar-refractivity contribution in [3.05, 3.63) is 90.0 Å². The van der Waals surface area contributed by atoms with Gasteiger partial charge in [-0.2, -0.15) is 0 Å². The van der Waals surface area contributed by atoms with Crippen LogP contribution >= 0.6 is 0 Å². The van der Waals surface area contributed by atoms with E-state index in [0.29, 0.717) is 33.8 Å². The summed E-state index contributed by atoms with van der Waals surface area (Å²) in [6, 6.07) is 16.1. The molecule has 0 bridgehead atoms. The van der Waals surface area contributed by atoms with Gasteiger partial charge in [-0.1, -0.05) is 18.2 Å². The van der Waals surface area contributed by atoms with Crippen molar-refractivity contribution in [2.75, 3.05) is 17.2 Å². The van der Waals surface area contributed by atoms with E-state index in [1.54, 1.807) is 24.3 Å². The number of Topliss-reactive ketones (excluding diaryl/α,β-unsaturated/α-hetero) is 1. The fourth-order valence-electron chi connectivity index (χ4n) is 4.61. The van der Waals surface area contributed by atoms with Gasteiger partial charge in [-0.05, 0) is 42.8 Å². The monoisotopic (exact) mass is 510 g/mol. The smallest absolute Gasteiger partial charge is 0.254 e. The fourth-order valence-corrected chi connectivity index (χ4v) is 4.61. The number of hydrogen-bond acceptors (Lipinski definition) is 6. The van der Waals surface area contributed by atoms with Crippen LogP contribution in [-0.4, -0.2) is 50.2 Å². The second-order valence-corrected chi connectivity index (χ2v) is 9.32. The van der Waals surface area contributed by atoms with Crippen molar-refractivity contribution < 1.29 is 18.8 Å². The van der Waals surface area contributed by atoms with Crippen LogP contribution in [0.2, 0.25) is 0 Å². The van der Waals surface area contributed by atoms with E-state index in [4.69, 9.17) is 0 Å². The standard InChI is InChI=1S/C28H23FN6O3/c29-20-13-19(20)27(37)34-23-12-17(8-11-31-23)25-26(32-18-4-2-1-3-5-18)24-21(33-25)14-35(15-22(24)36)28(38)16-6-9-30-10-7-16/h1-12,19-20,32-33H,13-15H2,(H,31,34,37)/t19-,20+/m1/s1. The molecule has 2 amide bonds. The summed E-state index contributed by atoms with van der Waals surface area (Å²) < 4.78 is 13.3. The minimum atomic E-state index is -1.11. The van der Waals surface area contributed by atoms with Crippen LogP contribution < -0.4 is 10.6 Å². The van der Waals surface area contributed by atoms with Crippen LogP contribution in [0.5, 0.6) is 0 Å². The van der Waals surface area contributed by atoms with Gasteiger partial charge in [0, 0.05) is 41.1 Å². The first-order valence-electron chi connectivity index (χ1n) is 12.2. The Morgan fingerprint density at radius 2 is 1.79 bits per heavy atom. The average Bonchev–Trinajstić information content (AvgIpc) is 3.57. The highest BCUT2D eigenvalue weighted by Crippen LogP contribution is 2.39. The molecule has 1 aliphatic heterocycles. The van der Waals surface area contributed by atoms with Gasteiger partial charge in [0.2, 0.25) is 5.91 Å². The predicted octanol–water partition coefficient (Wildman–Crippen LogP) is 4.35. The van der Waals surface area contributed by atoms with Crippen molar-refractivity contribution in [1.29, 1.82) is 0 Å². The van der Waals surface area contributed by atoms with Gasteiger partial charge in [-0.15, -0.1) is 0 Å². The Labute approximate surface area is 217 Å². The van der Waals surface area contributed by atoms with Crippen LogP contribution in [0.4, 0.5) is 21.6 Å². The maximum Gasteiger partial charge on any atom is 0.254 e. The first-order valence-corrected chi connectivity index (χ1v) is 12.2. The Morgan fingerprint density at radius 1 is 1.03 bits per heavy atom. The molecule has 1 saturated carbocycles. The number of carbonyl (C=O) groups is 3. The summed E-state index contributed by atoms with van der Waals surface area (Å²) in [6.45, 7) is 0.137. The third kappa shape index (κ3) is 4.52. The highest BCUT2D eigenvalue weighted by atomic mass is 19.1. The lowest BCUT2D eigenvalue weighted by molar-refractivity contribution is -0.117. The van der Waals surface area contributed by atoms with Crippen LogP contribution in [0.25, 0.3) is 11.3 Å². The Hall–Kier alpha value is -4.86. The maximum absolute atomic E-state index is 13.4. The molecule has 0 spiro atoms. The number of hydrogen-bond donors (Lipinski definition) is 3. The second-order valence-electron chi connectivity index (χ2n) is 9.32. The minimum absolute atomic E-state index is 0.0711. The number of fused-ring (bicyclic) bond motifs is 1. The number of para-hydroxylation sites is 1. The van der Waals surface area contributed by atoms with Crippen LogP contribution in [0.3, 0.4) is 0 Å². The molecule has 6 rings (SSSR count). The van der Waals surface area contributed by atoms with E-state index in [2.05, 4.69) is 25.6 Å². The largest absolute Gasteiger partial charge is 0.355 e. The van der Waals surface area contributed by atoms with Crippen LogP contribution in [-0.2, 0) is 11.3 Å². The Morgan fingerprint density at radius 3 is 2.53 bits per heavy atom. The average molecular weight is 511 g/mol. The normalized spacial score (nSPS) is 18.0. The van der Waals surface area contributed by atoms with Gasteiger partial charge in [0.1, 0.15) is 12.0 Å². The first-order chi connectivity index (χ1) is 18.5. The predicted molar refractivity (Wildman–Crippen MR) is 139 cm³/mol. The van der Waals surface area contributed by atoms with Gasteiger partial charge >= 0.3 is 0 Å². The zero-order valence-electron chi connectivity index (χ0n) is 20.1. The minimum Gasteiger partial charge on any atom is -0.355 e. The van der Waals surface area contributed by atoms with Crippen molar-refractivity contribution in [2.24, 2.45) is 5.92 Å². The molecule has 0 unspecified atom stereocenters. The number of amides is 2. The van der Waals surface area contributed by atoms with Crippen LogP contribution in [0.15, 0.2) is 73.2 Å². The van der Waals surface area contributed by atoms with Crippen LogP contribution in [0, 0.1) is 5.92 Å². The number of benzene rings is 1. The molecule has 3 aromatic heterocycles. The fraction of sp³-hybridized carbons (Fsp3) is 0.179. The number of carbonyl (C=O) groups excluding carboxylic acids is 3. The molecule has 10 heteroatoms. The van der Waals surface area contributed by atoms with Gasteiger partial charge in [-0.3, -0.25) is 19.4 Å². The van der Waals surface area contributed by atoms with Crippen LogP contribution in [0.1, 0.15) is 32.8 Å². The highest BCUT2D eigenvalue weighted by molar-refractivity contribution is 6.10. The lowest BCUT2D eigenvalue weighted by atomic mass is 10.0. The molecule has 2 atom stereocenters. The lowest BCUT2D eigenvalue weighted by Gasteiger charge is -2.26. The van der Waals surface area contributed by atoms with Gasteiger partial charge < -0.3 is 20.5 Å². The number of ketones is 1. The van der Waals surface area contributed by atoms with E-state index in [0.717, 1.165) is 5.69 Å². The quantitative estimate of drug-likeness (QED) is 0.355. The number of pyridine rings is 2. The van der Waals surface area contributed by atoms with E-state index in [9.17, 15) is 18.8 Å².